The third-order valence-electron chi connectivity index (χ3n) is 3.67. The largest absolute Gasteiger partial charge is 0.325 e. The molecular formula is C17H15Cl2FN4S. The number of rotatable bonds is 5. The van der Waals surface area contributed by atoms with E-state index in [1.54, 1.807) is 12.1 Å². The zero-order valence-corrected chi connectivity index (χ0v) is 15.9. The molecule has 3 aromatic rings. The van der Waals surface area contributed by atoms with Gasteiger partial charge < -0.3 is 4.72 Å². The molecule has 0 saturated heterocycles. The maximum Gasteiger partial charge on any atom is 0.151 e. The Morgan fingerprint density at radius 3 is 2.56 bits per heavy atom. The van der Waals surface area contributed by atoms with Gasteiger partial charge in [0.1, 0.15) is 5.69 Å². The van der Waals surface area contributed by atoms with Crippen LogP contribution in [-0.4, -0.2) is 15.0 Å². The molecule has 1 aromatic heterocycles. The van der Waals surface area contributed by atoms with Crippen LogP contribution < -0.4 is 4.72 Å². The van der Waals surface area contributed by atoms with Crippen LogP contribution in [0.25, 0.3) is 5.69 Å². The summed E-state index contributed by atoms with van der Waals surface area (Å²) in [6, 6.07) is 6.72. The van der Waals surface area contributed by atoms with Crippen molar-refractivity contribution in [3.05, 3.63) is 63.6 Å². The number of aromatic nitrogens is 3. The summed E-state index contributed by atoms with van der Waals surface area (Å²) in [7, 11) is 0. The smallest absolute Gasteiger partial charge is 0.151 e. The van der Waals surface area contributed by atoms with Crippen LogP contribution >= 0.6 is 35.1 Å². The highest BCUT2D eigenvalue weighted by atomic mass is 35.5. The van der Waals surface area contributed by atoms with Crippen molar-refractivity contribution in [2.75, 3.05) is 4.72 Å². The summed E-state index contributed by atoms with van der Waals surface area (Å²) in [4.78, 5) is 2.18. The molecule has 0 aliphatic rings. The predicted molar refractivity (Wildman–Crippen MR) is 101 cm³/mol. The highest BCUT2D eigenvalue weighted by Gasteiger charge is 2.13. The molecule has 4 nitrogen and oxygen atoms in total. The van der Waals surface area contributed by atoms with Crippen LogP contribution in [0.1, 0.15) is 18.1 Å². The zero-order chi connectivity index (χ0) is 18.0. The second-order valence-electron chi connectivity index (χ2n) is 5.36. The van der Waals surface area contributed by atoms with E-state index in [9.17, 15) is 4.39 Å². The number of benzene rings is 2. The first-order valence-electron chi connectivity index (χ1n) is 7.57. The van der Waals surface area contributed by atoms with Gasteiger partial charge in [-0.05, 0) is 60.7 Å². The van der Waals surface area contributed by atoms with E-state index in [2.05, 4.69) is 14.9 Å². The van der Waals surface area contributed by atoms with Crippen molar-refractivity contribution < 1.29 is 4.39 Å². The Morgan fingerprint density at radius 1 is 1.16 bits per heavy atom. The van der Waals surface area contributed by atoms with E-state index in [1.807, 2.05) is 19.9 Å². The minimum atomic E-state index is -0.385. The molecule has 0 bridgehead atoms. The molecular weight excluding hydrogens is 382 g/mol. The molecule has 0 saturated carbocycles. The van der Waals surface area contributed by atoms with E-state index >= 15 is 0 Å². The Kier molecular flexibility index (Phi) is 5.51. The number of halogens is 3. The fourth-order valence-electron chi connectivity index (χ4n) is 2.39. The molecule has 0 amide bonds. The standard InChI is InChI=1S/C17H15Cl2FN4S/c1-3-12-13(19)7-11(18)8-17(12)25-23-15-9-16(14(20)6-10(15)2)24-21-4-5-22-24/h4-9,23H,3H2,1-2H3. The van der Waals surface area contributed by atoms with Crippen LogP contribution in [0, 0.1) is 12.7 Å². The summed E-state index contributed by atoms with van der Waals surface area (Å²) in [5.74, 6) is -0.385. The van der Waals surface area contributed by atoms with Gasteiger partial charge in [-0.15, -0.1) is 4.80 Å². The Labute approximate surface area is 159 Å². The number of hydrogen-bond acceptors (Lipinski definition) is 4. The van der Waals surface area contributed by atoms with Gasteiger partial charge in [0, 0.05) is 20.6 Å². The number of hydrogen-bond donors (Lipinski definition) is 1. The second-order valence-corrected chi connectivity index (χ2v) is 7.05. The molecule has 3 rings (SSSR count). The van der Waals surface area contributed by atoms with Gasteiger partial charge in [-0.25, -0.2) is 4.39 Å². The van der Waals surface area contributed by atoms with Crippen LogP contribution in [0.3, 0.4) is 0 Å². The van der Waals surface area contributed by atoms with Crippen molar-refractivity contribution in [2.24, 2.45) is 0 Å². The van der Waals surface area contributed by atoms with Crippen LogP contribution in [0.4, 0.5) is 10.1 Å². The van der Waals surface area contributed by atoms with E-state index in [0.29, 0.717) is 10.0 Å². The van der Waals surface area contributed by atoms with E-state index in [1.165, 1.54) is 35.2 Å². The average Bonchev–Trinajstić information content (AvgIpc) is 3.08. The van der Waals surface area contributed by atoms with Crippen molar-refractivity contribution in [1.82, 2.24) is 15.0 Å². The summed E-state index contributed by atoms with van der Waals surface area (Å²) in [5, 5.41) is 9.17. The Hall–Kier alpha value is -1.76. The highest BCUT2D eigenvalue weighted by Crippen LogP contribution is 2.34. The normalized spacial score (nSPS) is 10.9. The van der Waals surface area contributed by atoms with Crippen LogP contribution in [-0.2, 0) is 6.42 Å². The lowest BCUT2D eigenvalue weighted by Crippen LogP contribution is -2.04. The lowest BCUT2D eigenvalue weighted by Gasteiger charge is -2.14. The Balaban J connectivity index is 1.91. The van der Waals surface area contributed by atoms with Gasteiger partial charge in [0.2, 0.25) is 0 Å². The van der Waals surface area contributed by atoms with Gasteiger partial charge in [0.25, 0.3) is 0 Å². The van der Waals surface area contributed by atoms with Crippen molar-refractivity contribution in [3.63, 3.8) is 0 Å². The molecule has 0 unspecified atom stereocenters. The van der Waals surface area contributed by atoms with E-state index in [4.69, 9.17) is 23.2 Å². The van der Waals surface area contributed by atoms with Crippen molar-refractivity contribution in [3.8, 4) is 5.69 Å². The lowest BCUT2D eigenvalue weighted by molar-refractivity contribution is 0.596. The topological polar surface area (TPSA) is 42.7 Å². The fraction of sp³-hybridized carbons (Fsp3) is 0.176. The van der Waals surface area contributed by atoms with Gasteiger partial charge in [-0.3, -0.25) is 0 Å². The average molecular weight is 397 g/mol. The SMILES string of the molecule is CCc1c(Cl)cc(Cl)cc1SNc1cc(-n2nccn2)c(F)cc1C. The molecule has 0 fully saturated rings. The molecule has 1 N–H and O–H groups in total. The van der Waals surface area contributed by atoms with Gasteiger partial charge in [0.15, 0.2) is 5.82 Å². The Bertz CT molecular complexity index is 900. The van der Waals surface area contributed by atoms with Gasteiger partial charge >= 0.3 is 0 Å². The zero-order valence-electron chi connectivity index (χ0n) is 13.6. The number of aryl methyl sites for hydroxylation is 1. The summed E-state index contributed by atoms with van der Waals surface area (Å²) in [6.07, 6.45) is 3.79. The van der Waals surface area contributed by atoms with Crippen molar-refractivity contribution in [2.45, 2.75) is 25.2 Å². The molecule has 25 heavy (non-hydrogen) atoms. The second kappa shape index (κ2) is 7.64. The molecule has 8 heteroatoms. The number of nitrogens with zero attached hydrogens (tertiary/aromatic N) is 3. The molecule has 0 radical (unpaired) electrons. The van der Waals surface area contributed by atoms with Crippen molar-refractivity contribution >= 4 is 40.8 Å². The predicted octanol–water partition coefficient (Wildman–Crippen LogP) is 5.70. The van der Waals surface area contributed by atoms with E-state index < -0.39 is 0 Å². The molecule has 0 aliphatic carbocycles. The van der Waals surface area contributed by atoms with Gasteiger partial charge in [-0.1, -0.05) is 30.1 Å². The molecule has 1 heterocycles. The molecule has 130 valence electrons. The lowest BCUT2D eigenvalue weighted by atomic mass is 10.2. The van der Waals surface area contributed by atoms with Gasteiger partial charge in [0.05, 0.1) is 12.4 Å². The minimum absolute atomic E-state index is 0.276. The van der Waals surface area contributed by atoms with E-state index in [-0.39, 0.29) is 11.5 Å². The first kappa shape index (κ1) is 18.0. The maximum absolute atomic E-state index is 14.2. The summed E-state index contributed by atoms with van der Waals surface area (Å²) in [5.41, 5.74) is 2.82. The molecule has 2 aromatic carbocycles. The number of nitrogens with one attached hydrogen (secondary N) is 1. The third kappa shape index (κ3) is 3.92. The highest BCUT2D eigenvalue weighted by molar-refractivity contribution is 8.00. The first-order valence-corrected chi connectivity index (χ1v) is 9.14. The maximum atomic E-state index is 14.2. The summed E-state index contributed by atoms with van der Waals surface area (Å²) < 4.78 is 17.5. The summed E-state index contributed by atoms with van der Waals surface area (Å²) >= 11 is 13.8. The Morgan fingerprint density at radius 2 is 1.88 bits per heavy atom. The third-order valence-corrected chi connectivity index (χ3v) is 5.13. The quantitative estimate of drug-likeness (QED) is 0.561. The fourth-order valence-corrected chi connectivity index (χ4v) is 4.14. The van der Waals surface area contributed by atoms with E-state index in [0.717, 1.165) is 28.1 Å². The molecule has 0 spiro atoms. The van der Waals surface area contributed by atoms with Crippen molar-refractivity contribution in [1.29, 1.82) is 0 Å². The molecule has 0 aliphatic heterocycles. The molecule has 0 atom stereocenters. The van der Waals surface area contributed by atoms with Crippen LogP contribution in [0.2, 0.25) is 10.0 Å². The minimum Gasteiger partial charge on any atom is -0.325 e. The van der Waals surface area contributed by atoms with Crippen LogP contribution in [0.15, 0.2) is 41.6 Å². The van der Waals surface area contributed by atoms with Gasteiger partial charge in [-0.2, -0.15) is 10.2 Å². The first-order chi connectivity index (χ1) is 12.0. The summed E-state index contributed by atoms with van der Waals surface area (Å²) in [6.45, 7) is 3.86. The van der Waals surface area contributed by atoms with Crippen LogP contribution in [0.5, 0.6) is 0 Å². The monoisotopic (exact) mass is 396 g/mol. The number of anilines is 1.